The molecule has 0 saturated carbocycles. The van der Waals surface area contributed by atoms with Crippen LogP contribution in [0.2, 0.25) is 0 Å². The van der Waals surface area contributed by atoms with Crippen molar-refractivity contribution in [3.05, 3.63) is 34.3 Å². The first-order chi connectivity index (χ1) is 14.7. The third-order valence-corrected chi connectivity index (χ3v) is 8.33. The van der Waals surface area contributed by atoms with Crippen molar-refractivity contribution < 1.29 is 13.2 Å². The maximum Gasteiger partial charge on any atom is 0.243 e. The number of hydrogen-bond donors (Lipinski definition) is 1. The number of thiazole rings is 1. The minimum Gasteiger partial charge on any atom is -0.370 e. The van der Waals surface area contributed by atoms with Gasteiger partial charge in [-0.15, -0.1) is 11.3 Å². The quantitative estimate of drug-likeness (QED) is 0.533. The van der Waals surface area contributed by atoms with Crippen LogP contribution in [0.25, 0.3) is 0 Å². The lowest BCUT2D eigenvalue weighted by Gasteiger charge is -2.26. The molecule has 0 aliphatic carbocycles. The first kappa shape index (κ1) is 25.3. The van der Waals surface area contributed by atoms with E-state index in [0.29, 0.717) is 24.7 Å². The minimum absolute atomic E-state index is 0.147. The zero-order valence-electron chi connectivity index (χ0n) is 19.3. The lowest BCUT2D eigenvalue weighted by atomic mass is 10.2. The summed E-state index contributed by atoms with van der Waals surface area (Å²) in [6.45, 7) is 14.1. The van der Waals surface area contributed by atoms with E-state index >= 15 is 0 Å². The topological polar surface area (TPSA) is 82.6 Å². The van der Waals surface area contributed by atoms with Crippen molar-refractivity contribution in [2.45, 2.75) is 58.8 Å². The van der Waals surface area contributed by atoms with Crippen LogP contribution in [-0.4, -0.2) is 49.8 Å². The highest BCUT2D eigenvalue weighted by Gasteiger charge is 2.24. The maximum absolute atomic E-state index is 13.0. The fourth-order valence-electron chi connectivity index (χ4n) is 3.36. The number of carbonyl (C=O) groups excluding carboxylic acids is 1. The Labute approximate surface area is 190 Å². The molecule has 0 aliphatic heterocycles. The lowest BCUT2D eigenvalue weighted by Crippen LogP contribution is -2.31. The molecule has 7 nitrogen and oxygen atoms in total. The normalized spacial score (nSPS) is 11.9. The van der Waals surface area contributed by atoms with Crippen LogP contribution in [0.15, 0.2) is 28.5 Å². The second kappa shape index (κ2) is 11.1. The van der Waals surface area contributed by atoms with E-state index in [1.807, 2.05) is 33.1 Å². The molecule has 0 saturated heterocycles. The summed E-state index contributed by atoms with van der Waals surface area (Å²) in [5.74, 6) is 0.101. The number of sulfonamides is 1. The second-order valence-corrected chi connectivity index (χ2v) is 10.3. The van der Waals surface area contributed by atoms with Gasteiger partial charge in [0.25, 0.3) is 0 Å². The minimum atomic E-state index is -3.63. The molecule has 31 heavy (non-hydrogen) atoms. The molecule has 1 heterocycles. The first-order valence-corrected chi connectivity index (χ1v) is 13.1. The van der Waals surface area contributed by atoms with Crippen molar-refractivity contribution in [1.82, 2.24) is 9.29 Å². The Morgan fingerprint density at radius 3 is 2.26 bits per heavy atom. The van der Waals surface area contributed by atoms with Crippen molar-refractivity contribution in [2.75, 3.05) is 36.4 Å². The van der Waals surface area contributed by atoms with Crippen molar-refractivity contribution in [1.29, 1.82) is 0 Å². The summed E-state index contributed by atoms with van der Waals surface area (Å²) in [6, 6.07) is 4.96. The lowest BCUT2D eigenvalue weighted by molar-refractivity contribution is -0.115. The summed E-state index contributed by atoms with van der Waals surface area (Å²) in [4.78, 5) is 19.6. The van der Waals surface area contributed by atoms with Gasteiger partial charge in [-0.05, 0) is 32.0 Å². The monoisotopic (exact) mass is 466 g/mol. The number of rotatable bonds is 11. The average molecular weight is 467 g/mol. The van der Waals surface area contributed by atoms with Gasteiger partial charge in [-0.2, -0.15) is 4.31 Å². The van der Waals surface area contributed by atoms with Gasteiger partial charge in [0.2, 0.25) is 15.9 Å². The molecule has 0 bridgehead atoms. The van der Waals surface area contributed by atoms with E-state index in [2.05, 4.69) is 29.0 Å². The summed E-state index contributed by atoms with van der Waals surface area (Å²) < 4.78 is 27.4. The van der Waals surface area contributed by atoms with Crippen LogP contribution in [0.4, 0.5) is 11.4 Å². The molecule has 2 rings (SSSR count). The van der Waals surface area contributed by atoms with Crippen LogP contribution in [0.5, 0.6) is 0 Å². The van der Waals surface area contributed by atoms with Gasteiger partial charge in [0.05, 0.1) is 33.4 Å². The van der Waals surface area contributed by atoms with Gasteiger partial charge in [0.15, 0.2) is 0 Å². The Hall–Kier alpha value is -1.97. The van der Waals surface area contributed by atoms with Crippen molar-refractivity contribution in [3.8, 4) is 0 Å². The zero-order chi connectivity index (χ0) is 23.2. The van der Waals surface area contributed by atoms with E-state index in [1.54, 1.807) is 29.5 Å². The molecular weight excluding hydrogens is 432 g/mol. The Bertz CT molecular complexity index is 978. The number of nitrogens with zero attached hydrogens (tertiary/aromatic N) is 3. The molecule has 172 valence electrons. The van der Waals surface area contributed by atoms with E-state index in [0.717, 1.165) is 29.5 Å². The Morgan fingerprint density at radius 2 is 1.74 bits per heavy atom. The Morgan fingerprint density at radius 1 is 1.10 bits per heavy atom. The average Bonchev–Trinajstić information content (AvgIpc) is 3.19. The number of carbonyl (C=O) groups is 1. The van der Waals surface area contributed by atoms with E-state index in [4.69, 9.17) is 0 Å². The molecule has 9 heteroatoms. The van der Waals surface area contributed by atoms with Gasteiger partial charge < -0.3 is 10.2 Å². The summed E-state index contributed by atoms with van der Waals surface area (Å²) in [5, 5.41) is 5.84. The largest absolute Gasteiger partial charge is 0.370 e. The second-order valence-electron chi connectivity index (χ2n) is 7.50. The maximum atomic E-state index is 13.0. The zero-order valence-corrected chi connectivity index (χ0v) is 20.9. The van der Waals surface area contributed by atoms with Gasteiger partial charge in [-0.25, -0.2) is 13.4 Å². The molecule has 0 atom stereocenters. The summed E-state index contributed by atoms with van der Waals surface area (Å²) in [7, 11) is -3.63. The van der Waals surface area contributed by atoms with Gasteiger partial charge >= 0.3 is 0 Å². The third kappa shape index (κ3) is 6.05. The predicted octanol–water partition coefficient (Wildman–Crippen LogP) is 4.32. The van der Waals surface area contributed by atoms with E-state index < -0.39 is 10.0 Å². The highest BCUT2D eigenvalue weighted by molar-refractivity contribution is 7.89. The fourth-order valence-corrected chi connectivity index (χ4v) is 5.68. The van der Waals surface area contributed by atoms with Gasteiger partial charge in [-0.1, -0.05) is 27.7 Å². The van der Waals surface area contributed by atoms with Crippen molar-refractivity contribution in [2.24, 2.45) is 0 Å². The van der Waals surface area contributed by atoms with Crippen LogP contribution in [0.3, 0.4) is 0 Å². The molecule has 0 radical (unpaired) electrons. The van der Waals surface area contributed by atoms with Crippen molar-refractivity contribution in [3.63, 3.8) is 0 Å². The van der Waals surface area contributed by atoms with Crippen LogP contribution in [-0.2, 0) is 21.2 Å². The number of benzene rings is 1. The molecule has 1 aromatic carbocycles. The molecule has 0 spiro atoms. The number of hydrogen-bond acceptors (Lipinski definition) is 6. The molecule has 0 unspecified atom stereocenters. The molecule has 1 amide bonds. The van der Waals surface area contributed by atoms with Crippen LogP contribution < -0.4 is 10.2 Å². The van der Waals surface area contributed by atoms with E-state index in [-0.39, 0.29) is 17.2 Å². The Balaban J connectivity index is 2.38. The van der Waals surface area contributed by atoms with E-state index in [9.17, 15) is 13.2 Å². The van der Waals surface area contributed by atoms with Crippen molar-refractivity contribution >= 4 is 38.6 Å². The van der Waals surface area contributed by atoms with Gasteiger partial charge in [0, 0.05) is 37.5 Å². The molecule has 2 aromatic rings. The van der Waals surface area contributed by atoms with Crippen LogP contribution in [0.1, 0.15) is 58.2 Å². The van der Waals surface area contributed by atoms with Gasteiger partial charge in [-0.3, -0.25) is 4.79 Å². The smallest absolute Gasteiger partial charge is 0.243 e. The highest BCUT2D eigenvalue weighted by atomic mass is 32.2. The fraction of sp³-hybridized carbons (Fsp3) is 0.545. The standard InChI is InChI=1S/C22H34N4O3S2/c1-7-25(8-2)20-12-11-18(31(28,29)26(9-3)10-4)14-19(20)24-21(27)13-17-15-30-22(23-17)16(5)6/h11-12,14-16H,7-10,13H2,1-6H3,(H,24,27). The van der Waals surface area contributed by atoms with Gasteiger partial charge in [0.1, 0.15) is 0 Å². The van der Waals surface area contributed by atoms with Crippen LogP contribution >= 0.6 is 11.3 Å². The molecule has 0 fully saturated rings. The molecule has 0 aliphatic rings. The summed E-state index contributed by atoms with van der Waals surface area (Å²) >= 11 is 1.55. The first-order valence-electron chi connectivity index (χ1n) is 10.8. The highest BCUT2D eigenvalue weighted by Crippen LogP contribution is 2.30. The summed E-state index contributed by atoms with van der Waals surface area (Å²) in [6.07, 6.45) is 0.147. The number of aromatic nitrogens is 1. The predicted molar refractivity (Wildman–Crippen MR) is 129 cm³/mol. The molecule has 1 N–H and O–H groups in total. The molecule has 1 aromatic heterocycles. The molecular formula is C22H34N4O3S2. The van der Waals surface area contributed by atoms with Crippen LogP contribution in [0, 0.1) is 0 Å². The third-order valence-electron chi connectivity index (χ3n) is 5.09. The Kier molecular flexibility index (Phi) is 9.02. The number of nitrogens with one attached hydrogen (secondary N) is 1. The SMILES string of the molecule is CCN(CC)c1ccc(S(=O)(=O)N(CC)CC)cc1NC(=O)Cc1csc(C(C)C)n1. The van der Waals surface area contributed by atoms with E-state index in [1.165, 1.54) is 4.31 Å². The number of anilines is 2. The summed E-state index contributed by atoms with van der Waals surface area (Å²) in [5.41, 5.74) is 2.03. The number of amides is 1.